The van der Waals surface area contributed by atoms with Crippen molar-refractivity contribution < 1.29 is 34.3 Å². The highest BCUT2D eigenvalue weighted by atomic mass is 35.5. The molecule has 0 saturated carbocycles. The van der Waals surface area contributed by atoms with E-state index in [0.29, 0.717) is 37.9 Å². The lowest BCUT2D eigenvalue weighted by Gasteiger charge is -2.36. The average Bonchev–Trinajstić information content (AvgIpc) is 2.80. The quantitative estimate of drug-likeness (QED) is 0.438. The number of aliphatic hydroxyl groups excluding tert-OH is 3. The normalized spacial score (nSPS) is 23.3. The summed E-state index contributed by atoms with van der Waals surface area (Å²) in [5.41, 5.74) is 2.84. The molecule has 2 aromatic carbocycles. The van der Waals surface area contributed by atoms with E-state index in [9.17, 15) is 15.3 Å². The smallest absolute Gasteiger partial charge is 0.119 e. The first-order valence-electron chi connectivity index (χ1n) is 10.7. The number of rotatable bonds is 11. The van der Waals surface area contributed by atoms with Crippen LogP contribution in [0, 0.1) is 0 Å². The van der Waals surface area contributed by atoms with E-state index in [0.717, 1.165) is 22.4 Å². The minimum atomic E-state index is -1.10. The number of ether oxygens (including phenoxy) is 4. The molecule has 0 bridgehead atoms. The summed E-state index contributed by atoms with van der Waals surface area (Å²) in [6.45, 7) is 1.72. The van der Waals surface area contributed by atoms with Gasteiger partial charge in [-0.25, -0.2) is 0 Å². The van der Waals surface area contributed by atoms with Crippen LogP contribution in [0.25, 0.3) is 0 Å². The van der Waals surface area contributed by atoms with Crippen LogP contribution in [0.4, 0.5) is 0 Å². The summed E-state index contributed by atoms with van der Waals surface area (Å²) in [4.78, 5) is 0. The molecule has 0 radical (unpaired) electrons. The Hall–Kier alpha value is -1.71. The Labute approximate surface area is 193 Å². The highest BCUT2D eigenvalue weighted by Crippen LogP contribution is 2.34. The van der Waals surface area contributed by atoms with Gasteiger partial charge in [0.25, 0.3) is 0 Å². The van der Waals surface area contributed by atoms with Crippen molar-refractivity contribution in [3.63, 3.8) is 0 Å². The molecule has 0 aliphatic carbocycles. The topological polar surface area (TPSA) is 97.6 Å². The largest absolute Gasteiger partial charge is 0.491 e. The van der Waals surface area contributed by atoms with Gasteiger partial charge in [0.05, 0.1) is 38.6 Å². The summed E-state index contributed by atoms with van der Waals surface area (Å²) in [7, 11) is 1.64. The second-order valence-corrected chi connectivity index (χ2v) is 8.17. The molecule has 3 rings (SSSR count). The molecule has 0 spiro atoms. The molecule has 1 fully saturated rings. The summed E-state index contributed by atoms with van der Waals surface area (Å²) < 4.78 is 21.8. The van der Waals surface area contributed by atoms with Crippen LogP contribution in [0.1, 0.15) is 29.2 Å². The molecule has 0 amide bonds. The molecular formula is C24H31ClO7. The Bertz CT molecular complexity index is 830. The van der Waals surface area contributed by atoms with Crippen LogP contribution >= 0.6 is 11.6 Å². The van der Waals surface area contributed by atoms with E-state index in [4.69, 9.17) is 30.5 Å². The van der Waals surface area contributed by atoms with Gasteiger partial charge >= 0.3 is 0 Å². The van der Waals surface area contributed by atoms with Gasteiger partial charge in [0, 0.05) is 18.6 Å². The van der Waals surface area contributed by atoms with Gasteiger partial charge in [0.15, 0.2) is 0 Å². The van der Waals surface area contributed by atoms with Crippen molar-refractivity contribution in [2.24, 2.45) is 0 Å². The Morgan fingerprint density at radius 3 is 2.50 bits per heavy atom. The van der Waals surface area contributed by atoms with E-state index >= 15 is 0 Å². The molecular weight excluding hydrogens is 436 g/mol. The zero-order valence-corrected chi connectivity index (χ0v) is 18.9. The Morgan fingerprint density at radius 1 is 1.03 bits per heavy atom. The van der Waals surface area contributed by atoms with E-state index in [-0.39, 0.29) is 13.0 Å². The van der Waals surface area contributed by atoms with Crippen molar-refractivity contribution in [2.45, 2.75) is 37.3 Å². The van der Waals surface area contributed by atoms with E-state index in [1.54, 1.807) is 7.11 Å². The lowest BCUT2D eigenvalue weighted by molar-refractivity contribution is -0.181. The maximum atomic E-state index is 10.1. The molecule has 1 saturated heterocycles. The standard InChI is InChI=1S/C24H31ClO7/c1-29-8-9-30-10-11-31-19-5-2-16(3-6-19)12-18-13-17(4-7-20(18)25)22-14-21(27)24(28)23(15-26)32-22/h2-7,13,21-24,26-28H,8-12,14-15H2,1H3/t21-,22+,23-,24+/m1/s1. The molecule has 2 aromatic rings. The molecule has 3 N–H and O–H groups in total. The zero-order chi connectivity index (χ0) is 22.9. The van der Waals surface area contributed by atoms with E-state index in [1.165, 1.54) is 0 Å². The van der Waals surface area contributed by atoms with Gasteiger partial charge in [-0.3, -0.25) is 0 Å². The number of methoxy groups -OCH3 is 1. The van der Waals surface area contributed by atoms with Crippen LogP contribution < -0.4 is 4.74 Å². The summed E-state index contributed by atoms with van der Waals surface area (Å²) in [5, 5.41) is 30.1. The maximum Gasteiger partial charge on any atom is 0.119 e. The number of aliphatic hydroxyl groups is 3. The third kappa shape index (κ3) is 6.89. The molecule has 4 atom stereocenters. The van der Waals surface area contributed by atoms with Gasteiger partial charge in [-0.05, 0) is 41.3 Å². The van der Waals surface area contributed by atoms with Crippen LogP contribution in [0.5, 0.6) is 5.75 Å². The molecule has 176 valence electrons. The van der Waals surface area contributed by atoms with Crippen molar-refractivity contribution in [2.75, 3.05) is 40.1 Å². The van der Waals surface area contributed by atoms with Gasteiger partial charge < -0.3 is 34.3 Å². The van der Waals surface area contributed by atoms with Gasteiger partial charge in [0.1, 0.15) is 24.6 Å². The predicted octanol–water partition coefficient (Wildman–Crippen LogP) is 2.52. The molecule has 0 unspecified atom stereocenters. The second-order valence-electron chi connectivity index (χ2n) is 7.76. The number of halogens is 1. The molecule has 8 heteroatoms. The van der Waals surface area contributed by atoms with Crippen LogP contribution in [-0.4, -0.2) is 73.8 Å². The first-order valence-corrected chi connectivity index (χ1v) is 11.1. The number of benzene rings is 2. The summed E-state index contributed by atoms with van der Waals surface area (Å²) in [5.74, 6) is 0.766. The molecule has 7 nitrogen and oxygen atoms in total. The van der Waals surface area contributed by atoms with Crippen molar-refractivity contribution in [1.82, 2.24) is 0 Å². The Kier molecular flexibility index (Phi) is 9.74. The zero-order valence-electron chi connectivity index (χ0n) is 18.2. The van der Waals surface area contributed by atoms with E-state index in [2.05, 4.69) is 0 Å². The monoisotopic (exact) mass is 466 g/mol. The molecule has 32 heavy (non-hydrogen) atoms. The third-order valence-electron chi connectivity index (χ3n) is 5.44. The van der Waals surface area contributed by atoms with Gasteiger partial charge in [-0.1, -0.05) is 35.9 Å². The molecule has 0 aromatic heterocycles. The molecule has 1 aliphatic rings. The molecule has 1 aliphatic heterocycles. The number of hydrogen-bond donors (Lipinski definition) is 3. The van der Waals surface area contributed by atoms with Crippen molar-refractivity contribution in [1.29, 1.82) is 0 Å². The highest BCUT2D eigenvalue weighted by Gasteiger charge is 2.37. The highest BCUT2D eigenvalue weighted by molar-refractivity contribution is 6.31. The van der Waals surface area contributed by atoms with Crippen LogP contribution in [0.2, 0.25) is 5.02 Å². The number of hydrogen-bond acceptors (Lipinski definition) is 7. The lowest BCUT2D eigenvalue weighted by atomic mass is 9.92. The summed E-state index contributed by atoms with van der Waals surface area (Å²) in [6.07, 6.45) is -2.43. The van der Waals surface area contributed by atoms with Crippen LogP contribution in [0.15, 0.2) is 42.5 Å². The SMILES string of the molecule is COCCOCCOc1ccc(Cc2cc([C@@H]3C[C@@H](O)[C@H](O)[C@@H](CO)O3)ccc2Cl)cc1. The third-order valence-corrected chi connectivity index (χ3v) is 5.81. The fourth-order valence-corrected chi connectivity index (χ4v) is 3.82. The van der Waals surface area contributed by atoms with Crippen molar-refractivity contribution in [3.05, 3.63) is 64.2 Å². The first kappa shape index (κ1) is 24.9. The minimum absolute atomic E-state index is 0.250. The van der Waals surface area contributed by atoms with Crippen LogP contribution in [-0.2, 0) is 20.6 Å². The predicted molar refractivity (Wildman–Crippen MR) is 120 cm³/mol. The van der Waals surface area contributed by atoms with Gasteiger partial charge in [-0.15, -0.1) is 0 Å². The Morgan fingerprint density at radius 2 is 1.78 bits per heavy atom. The van der Waals surface area contributed by atoms with Crippen molar-refractivity contribution in [3.8, 4) is 5.75 Å². The van der Waals surface area contributed by atoms with E-state index in [1.807, 2.05) is 42.5 Å². The fraction of sp³-hybridized carbons (Fsp3) is 0.500. The maximum absolute atomic E-state index is 10.1. The Balaban J connectivity index is 1.59. The fourth-order valence-electron chi connectivity index (χ4n) is 3.64. The summed E-state index contributed by atoms with van der Waals surface area (Å²) >= 11 is 6.43. The minimum Gasteiger partial charge on any atom is -0.491 e. The first-order chi connectivity index (χ1) is 15.5. The van der Waals surface area contributed by atoms with Gasteiger partial charge in [0.2, 0.25) is 0 Å². The molecule has 1 heterocycles. The average molecular weight is 467 g/mol. The van der Waals surface area contributed by atoms with Gasteiger partial charge in [-0.2, -0.15) is 0 Å². The second kappa shape index (κ2) is 12.5. The van der Waals surface area contributed by atoms with Crippen molar-refractivity contribution >= 4 is 11.6 Å². The van der Waals surface area contributed by atoms with Crippen LogP contribution in [0.3, 0.4) is 0 Å². The summed E-state index contributed by atoms with van der Waals surface area (Å²) in [6, 6.07) is 13.4. The van der Waals surface area contributed by atoms with E-state index < -0.39 is 24.4 Å². The lowest BCUT2D eigenvalue weighted by Crippen LogP contribution is -2.47.